The number of hydrogen-bond donors (Lipinski definition) is 2. The van der Waals surface area contributed by atoms with E-state index in [-0.39, 0.29) is 34.2 Å². The Hall–Kier alpha value is -2.62. The molecule has 4 nitrogen and oxygen atoms in total. The minimum Gasteiger partial charge on any atom is -0.507 e. The van der Waals surface area contributed by atoms with Gasteiger partial charge in [-0.15, -0.1) is 0 Å². The maximum Gasteiger partial charge on any atom is 0.175 e. The van der Waals surface area contributed by atoms with Crippen LogP contribution in [0.25, 0.3) is 10.8 Å². The van der Waals surface area contributed by atoms with Crippen LogP contribution in [0.1, 0.15) is 33.6 Å². The topological polar surface area (TPSA) is 74.6 Å². The van der Waals surface area contributed by atoms with E-state index >= 15 is 0 Å². The van der Waals surface area contributed by atoms with E-state index in [1.54, 1.807) is 30.3 Å². The van der Waals surface area contributed by atoms with E-state index in [1.807, 2.05) is 6.08 Å². The molecule has 2 atom stereocenters. The zero-order valence-corrected chi connectivity index (χ0v) is 11.7. The number of fused-ring (bicyclic) bond motifs is 3. The van der Waals surface area contributed by atoms with Gasteiger partial charge in [-0.25, -0.2) is 0 Å². The molecule has 0 heterocycles. The summed E-state index contributed by atoms with van der Waals surface area (Å²) in [5, 5.41) is 21.8. The molecule has 0 amide bonds. The fourth-order valence-corrected chi connectivity index (χ4v) is 3.63. The summed E-state index contributed by atoms with van der Waals surface area (Å²) in [7, 11) is 0. The molecule has 0 aliphatic heterocycles. The molecule has 0 radical (unpaired) electrons. The zero-order chi connectivity index (χ0) is 15.4. The molecule has 2 N–H and O–H groups in total. The Morgan fingerprint density at radius 3 is 2.14 bits per heavy atom. The number of carbonyl (C=O) groups excluding carboxylic acids is 2. The summed E-state index contributed by atoms with van der Waals surface area (Å²) < 4.78 is 0. The highest BCUT2D eigenvalue weighted by Gasteiger charge is 2.44. The average Bonchev–Trinajstić information content (AvgIpc) is 2.56. The van der Waals surface area contributed by atoms with Gasteiger partial charge in [0.25, 0.3) is 0 Å². The average molecular weight is 294 g/mol. The van der Waals surface area contributed by atoms with E-state index in [4.69, 9.17) is 0 Å². The van der Waals surface area contributed by atoms with Crippen molar-refractivity contribution in [2.45, 2.75) is 12.8 Å². The molecule has 0 spiro atoms. The second-order valence-electron chi connectivity index (χ2n) is 5.86. The van der Waals surface area contributed by atoms with Crippen molar-refractivity contribution >= 4 is 22.3 Å². The Bertz CT molecular complexity index is 863. The molecule has 0 saturated heterocycles. The monoisotopic (exact) mass is 294 g/mol. The van der Waals surface area contributed by atoms with Gasteiger partial charge in [0.1, 0.15) is 11.5 Å². The van der Waals surface area contributed by atoms with Crippen molar-refractivity contribution in [1.29, 1.82) is 0 Å². The Kier molecular flexibility index (Phi) is 2.64. The number of Topliss-reactive ketones (excluding diaryl/α,β-unsaturated/α-hetero) is 2. The van der Waals surface area contributed by atoms with Crippen molar-refractivity contribution in [3.05, 3.63) is 47.5 Å². The zero-order valence-electron chi connectivity index (χ0n) is 11.7. The first-order valence-electron chi connectivity index (χ1n) is 7.33. The molecular formula is C18H14O4. The van der Waals surface area contributed by atoms with Crippen LogP contribution in [-0.2, 0) is 0 Å². The number of hydrogen-bond acceptors (Lipinski definition) is 4. The van der Waals surface area contributed by atoms with E-state index in [0.717, 1.165) is 6.42 Å². The molecule has 22 heavy (non-hydrogen) atoms. The lowest BCUT2D eigenvalue weighted by Crippen LogP contribution is -2.37. The third-order valence-corrected chi connectivity index (χ3v) is 4.71. The Labute approximate surface area is 126 Å². The number of aromatic hydroxyl groups is 2. The van der Waals surface area contributed by atoms with Gasteiger partial charge < -0.3 is 10.2 Å². The maximum atomic E-state index is 12.8. The smallest absolute Gasteiger partial charge is 0.175 e. The Morgan fingerprint density at radius 1 is 0.909 bits per heavy atom. The van der Waals surface area contributed by atoms with Crippen LogP contribution in [0, 0.1) is 11.8 Å². The first kappa shape index (κ1) is 13.1. The lowest BCUT2D eigenvalue weighted by molar-refractivity contribution is 0.0751. The summed E-state index contributed by atoms with van der Waals surface area (Å²) in [6.45, 7) is 0. The van der Waals surface area contributed by atoms with Gasteiger partial charge in [-0.3, -0.25) is 9.59 Å². The van der Waals surface area contributed by atoms with Crippen molar-refractivity contribution in [2.75, 3.05) is 0 Å². The van der Waals surface area contributed by atoms with Gasteiger partial charge in [-0.1, -0.05) is 36.4 Å². The van der Waals surface area contributed by atoms with Crippen LogP contribution in [0.15, 0.2) is 36.4 Å². The minimum absolute atomic E-state index is 0.0160. The second kappa shape index (κ2) is 4.44. The number of carbonyl (C=O) groups is 2. The van der Waals surface area contributed by atoms with E-state index < -0.39 is 11.8 Å². The predicted molar refractivity (Wildman–Crippen MR) is 81.3 cm³/mol. The van der Waals surface area contributed by atoms with Crippen molar-refractivity contribution in [1.82, 2.24) is 0 Å². The number of ketones is 2. The molecule has 4 heteroatoms. The van der Waals surface area contributed by atoms with Crippen molar-refractivity contribution in [3.8, 4) is 11.5 Å². The van der Waals surface area contributed by atoms with Gasteiger partial charge in [0.2, 0.25) is 0 Å². The largest absolute Gasteiger partial charge is 0.507 e. The van der Waals surface area contributed by atoms with Crippen molar-refractivity contribution in [3.63, 3.8) is 0 Å². The van der Waals surface area contributed by atoms with Crippen LogP contribution in [0.3, 0.4) is 0 Å². The lowest BCUT2D eigenvalue weighted by Gasteiger charge is -2.32. The number of rotatable bonds is 0. The molecule has 2 aliphatic carbocycles. The van der Waals surface area contributed by atoms with Crippen LogP contribution >= 0.6 is 0 Å². The highest BCUT2D eigenvalue weighted by atomic mass is 16.3. The normalized spacial score (nSPS) is 23.5. The molecule has 2 unspecified atom stereocenters. The standard InChI is InChI=1S/C18H14O4/c19-15-9-5-1-2-6-10(9)16(20)14-13(15)17(21)11-7-3-4-8-12(11)18(14)22/h1-3,5-7,11-12,19-20H,4,8H2. The fourth-order valence-electron chi connectivity index (χ4n) is 3.63. The first-order valence-corrected chi connectivity index (χ1v) is 7.33. The molecule has 2 aromatic carbocycles. The second-order valence-corrected chi connectivity index (χ2v) is 5.86. The molecular weight excluding hydrogens is 280 g/mol. The molecule has 0 fully saturated rings. The Balaban J connectivity index is 2.11. The minimum atomic E-state index is -0.528. The molecule has 2 aromatic rings. The van der Waals surface area contributed by atoms with Crippen LogP contribution in [-0.4, -0.2) is 21.8 Å². The van der Waals surface area contributed by atoms with Crippen LogP contribution in [0.4, 0.5) is 0 Å². The summed E-state index contributed by atoms with van der Waals surface area (Å²) in [6, 6.07) is 6.70. The van der Waals surface area contributed by atoms with Crippen LogP contribution in [0.5, 0.6) is 11.5 Å². The maximum absolute atomic E-state index is 12.8. The molecule has 4 rings (SSSR count). The van der Waals surface area contributed by atoms with Crippen molar-refractivity contribution in [2.24, 2.45) is 11.8 Å². The lowest BCUT2D eigenvalue weighted by atomic mass is 9.69. The summed E-state index contributed by atoms with van der Waals surface area (Å²) >= 11 is 0. The number of allylic oxidation sites excluding steroid dienone is 2. The van der Waals surface area contributed by atoms with Crippen molar-refractivity contribution < 1.29 is 19.8 Å². The van der Waals surface area contributed by atoms with Crippen LogP contribution in [0.2, 0.25) is 0 Å². The number of phenols is 2. The summed E-state index contributed by atoms with van der Waals surface area (Å²) in [5.74, 6) is -1.90. The van der Waals surface area contributed by atoms with Gasteiger partial charge in [-0.05, 0) is 12.8 Å². The molecule has 0 bridgehead atoms. The fraction of sp³-hybridized carbons (Fsp3) is 0.222. The number of benzene rings is 2. The van der Waals surface area contributed by atoms with Gasteiger partial charge in [0.15, 0.2) is 11.6 Å². The molecule has 0 aromatic heterocycles. The molecule has 0 saturated carbocycles. The first-order chi connectivity index (χ1) is 10.6. The van der Waals surface area contributed by atoms with E-state index in [2.05, 4.69) is 0 Å². The molecule has 110 valence electrons. The predicted octanol–water partition coefficient (Wildman–Crippen LogP) is 3.21. The van der Waals surface area contributed by atoms with Gasteiger partial charge in [-0.2, -0.15) is 0 Å². The quantitative estimate of drug-likeness (QED) is 0.578. The highest BCUT2D eigenvalue weighted by Crippen LogP contribution is 2.47. The van der Waals surface area contributed by atoms with Gasteiger partial charge in [0.05, 0.1) is 17.0 Å². The highest BCUT2D eigenvalue weighted by molar-refractivity contribution is 6.23. The van der Waals surface area contributed by atoms with Gasteiger partial charge >= 0.3 is 0 Å². The van der Waals surface area contributed by atoms with E-state index in [1.165, 1.54) is 0 Å². The summed E-state index contributed by atoms with van der Waals surface area (Å²) in [4.78, 5) is 25.5. The Morgan fingerprint density at radius 2 is 1.50 bits per heavy atom. The van der Waals surface area contributed by atoms with E-state index in [9.17, 15) is 19.8 Å². The van der Waals surface area contributed by atoms with Gasteiger partial charge in [0, 0.05) is 16.7 Å². The third kappa shape index (κ3) is 1.52. The molecule has 2 aliphatic rings. The van der Waals surface area contributed by atoms with E-state index in [0.29, 0.717) is 17.2 Å². The third-order valence-electron chi connectivity index (χ3n) is 4.71. The SMILES string of the molecule is O=C1c2c(c(O)c3ccccc3c2O)C(=O)C2CCC=CC12. The van der Waals surface area contributed by atoms with Crippen LogP contribution < -0.4 is 0 Å². The summed E-state index contributed by atoms with van der Waals surface area (Å²) in [5.41, 5.74) is -0.0493. The number of phenolic OH excluding ortho intramolecular Hbond substituents is 2. The summed E-state index contributed by atoms with van der Waals surface area (Å²) in [6.07, 6.45) is 4.99.